The third kappa shape index (κ3) is 5.30. The molecule has 0 saturated carbocycles. The second-order valence-electron chi connectivity index (χ2n) is 6.42. The van der Waals surface area contributed by atoms with E-state index in [4.69, 9.17) is 0 Å². The molecule has 3 aromatic rings. The molecular formula is C20H16F5N3O3. The summed E-state index contributed by atoms with van der Waals surface area (Å²) in [6.45, 7) is 2.03. The largest absolute Gasteiger partial charge is 0.573 e. The molecule has 0 fully saturated rings. The number of aromatic nitrogens is 2. The molecule has 11 heteroatoms. The van der Waals surface area contributed by atoms with E-state index in [1.54, 1.807) is 18.2 Å². The van der Waals surface area contributed by atoms with E-state index in [1.807, 2.05) is 6.92 Å². The maximum absolute atomic E-state index is 14.3. The zero-order valence-corrected chi connectivity index (χ0v) is 16.3. The minimum Gasteiger partial charge on any atom is -0.453 e. The van der Waals surface area contributed by atoms with Gasteiger partial charge in [-0.1, -0.05) is 12.1 Å². The molecule has 0 aliphatic rings. The van der Waals surface area contributed by atoms with Crippen LogP contribution in [0.4, 0.5) is 26.7 Å². The molecule has 0 aliphatic carbocycles. The number of alkyl carbamates (subject to hydrolysis) is 1. The summed E-state index contributed by atoms with van der Waals surface area (Å²) in [5.74, 6) is -3.57. The van der Waals surface area contributed by atoms with Gasteiger partial charge < -0.3 is 14.8 Å². The highest BCUT2D eigenvalue weighted by Gasteiger charge is 2.32. The highest BCUT2D eigenvalue weighted by atomic mass is 19.4. The van der Waals surface area contributed by atoms with Gasteiger partial charge in [-0.15, -0.1) is 13.2 Å². The number of carbonyl (C=O) groups is 1. The molecule has 1 heterocycles. The zero-order valence-electron chi connectivity index (χ0n) is 16.3. The van der Waals surface area contributed by atoms with Crippen LogP contribution in [0.2, 0.25) is 0 Å². The van der Waals surface area contributed by atoms with Crippen molar-refractivity contribution in [2.75, 3.05) is 7.11 Å². The van der Waals surface area contributed by atoms with Crippen LogP contribution in [0.5, 0.6) is 5.75 Å². The summed E-state index contributed by atoms with van der Waals surface area (Å²) in [4.78, 5) is 11.3. The SMILES string of the molecule is COC(=O)NCc1cc(-c2ccn(-c3c(F)cc(OC(F)(F)F)cc3F)n2)ccc1C. The van der Waals surface area contributed by atoms with Gasteiger partial charge >= 0.3 is 12.5 Å². The smallest absolute Gasteiger partial charge is 0.453 e. The molecule has 0 spiro atoms. The third-order valence-corrected chi connectivity index (χ3v) is 4.30. The van der Waals surface area contributed by atoms with Gasteiger partial charge in [0.15, 0.2) is 11.6 Å². The molecule has 0 bridgehead atoms. The Bertz CT molecular complexity index is 1090. The predicted molar refractivity (Wildman–Crippen MR) is 99.6 cm³/mol. The van der Waals surface area contributed by atoms with Crippen molar-refractivity contribution in [2.45, 2.75) is 19.8 Å². The van der Waals surface area contributed by atoms with Gasteiger partial charge in [-0.25, -0.2) is 18.3 Å². The van der Waals surface area contributed by atoms with Crippen molar-refractivity contribution in [3.8, 4) is 22.7 Å². The molecular weight excluding hydrogens is 425 g/mol. The summed E-state index contributed by atoms with van der Waals surface area (Å²) < 4.78 is 74.4. The first-order chi connectivity index (χ1) is 14.6. The number of halogens is 5. The number of carbonyl (C=O) groups excluding carboxylic acids is 1. The molecule has 6 nitrogen and oxygen atoms in total. The van der Waals surface area contributed by atoms with Gasteiger partial charge in [0.2, 0.25) is 0 Å². The molecule has 1 amide bonds. The van der Waals surface area contributed by atoms with Crippen molar-refractivity contribution in [1.82, 2.24) is 15.1 Å². The van der Waals surface area contributed by atoms with E-state index in [2.05, 4.69) is 19.9 Å². The van der Waals surface area contributed by atoms with Crippen LogP contribution < -0.4 is 10.1 Å². The predicted octanol–water partition coefficient (Wildman–Crippen LogP) is 4.88. The van der Waals surface area contributed by atoms with Gasteiger partial charge in [0.1, 0.15) is 11.4 Å². The lowest BCUT2D eigenvalue weighted by molar-refractivity contribution is -0.274. The number of rotatable bonds is 5. The third-order valence-electron chi connectivity index (χ3n) is 4.30. The summed E-state index contributed by atoms with van der Waals surface area (Å²) in [5.41, 5.74) is 1.96. The average molecular weight is 441 g/mol. The monoisotopic (exact) mass is 441 g/mol. The van der Waals surface area contributed by atoms with Crippen molar-refractivity contribution < 1.29 is 36.2 Å². The van der Waals surface area contributed by atoms with E-state index < -0.39 is 35.5 Å². The van der Waals surface area contributed by atoms with Gasteiger partial charge in [-0.3, -0.25) is 0 Å². The van der Waals surface area contributed by atoms with E-state index >= 15 is 0 Å². The number of benzene rings is 2. The van der Waals surface area contributed by atoms with Gasteiger partial charge in [-0.2, -0.15) is 5.10 Å². The van der Waals surface area contributed by atoms with E-state index in [0.29, 0.717) is 23.4 Å². The van der Waals surface area contributed by atoms with Crippen molar-refractivity contribution in [3.05, 3.63) is 65.4 Å². The second kappa shape index (κ2) is 8.62. The Morgan fingerprint density at radius 3 is 2.42 bits per heavy atom. The van der Waals surface area contributed by atoms with Crippen molar-refractivity contribution in [1.29, 1.82) is 0 Å². The summed E-state index contributed by atoms with van der Waals surface area (Å²) in [5, 5.41) is 6.68. The molecule has 164 valence electrons. The average Bonchev–Trinajstić information content (AvgIpc) is 3.14. The number of alkyl halides is 3. The number of nitrogens with zero attached hydrogens (tertiary/aromatic N) is 2. The van der Waals surface area contributed by atoms with Crippen molar-refractivity contribution >= 4 is 6.09 Å². The Labute approximate surface area is 173 Å². The Kier molecular flexibility index (Phi) is 6.14. The van der Waals surface area contributed by atoms with Crippen LogP contribution in [0.25, 0.3) is 16.9 Å². The highest BCUT2D eigenvalue weighted by molar-refractivity contribution is 5.67. The van der Waals surface area contributed by atoms with Crippen molar-refractivity contribution in [3.63, 3.8) is 0 Å². The molecule has 0 unspecified atom stereocenters. The quantitative estimate of drug-likeness (QED) is 0.574. The van der Waals surface area contributed by atoms with Gasteiger partial charge in [0.25, 0.3) is 0 Å². The van der Waals surface area contributed by atoms with Crippen LogP contribution in [0.3, 0.4) is 0 Å². The highest BCUT2D eigenvalue weighted by Crippen LogP contribution is 2.29. The van der Waals surface area contributed by atoms with E-state index in [-0.39, 0.29) is 6.54 Å². The van der Waals surface area contributed by atoms with Crippen LogP contribution in [0.15, 0.2) is 42.6 Å². The lowest BCUT2D eigenvalue weighted by Crippen LogP contribution is -2.22. The number of methoxy groups -OCH3 is 1. The second-order valence-corrected chi connectivity index (χ2v) is 6.42. The molecule has 0 atom stereocenters. The molecule has 1 aromatic heterocycles. The minimum atomic E-state index is -5.08. The van der Waals surface area contributed by atoms with E-state index in [1.165, 1.54) is 19.4 Å². The summed E-state index contributed by atoms with van der Waals surface area (Å²) >= 11 is 0. The zero-order chi connectivity index (χ0) is 22.8. The summed E-state index contributed by atoms with van der Waals surface area (Å²) in [7, 11) is 1.24. The van der Waals surface area contributed by atoms with Gasteiger partial charge in [0, 0.05) is 30.4 Å². The molecule has 0 aliphatic heterocycles. The van der Waals surface area contributed by atoms with Crippen LogP contribution >= 0.6 is 0 Å². The van der Waals surface area contributed by atoms with Gasteiger partial charge in [0.05, 0.1) is 12.8 Å². The molecule has 3 rings (SSSR count). The molecule has 31 heavy (non-hydrogen) atoms. The maximum Gasteiger partial charge on any atom is 0.573 e. The molecule has 2 aromatic carbocycles. The lowest BCUT2D eigenvalue weighted by atomic mass is 10.0. The molecule has 1 N–H and O–H groups in total. The fraction of sp³-hybridized carbons (Fsp3) is 0.200. The first-order valence-corrected chi connectivity index (χ1v) is 8.80. The number of ether oxygens (including phenoxy) is 2. The Morgan fingerprint density at radius 1 is 1.13 bits per heavy atom. The number of nitrogens with one attached hydrogen (secondary N) is 1. The molecule has 0 saturated heterocycles. The normalized spacial score (nSPS) is 11.3. The van der Waals surface area contributed by atoms with Crippen LogP contribution in [0.1, 0.15) is 11.1 Å². The van der Waals surface area contributed by atoms with Crippen LogP contribution in [-0.2, 0) is 11.3 Å². The maximum atomic E-state index is 14.3. The van der Waals surface area contributed by atoms with Crippen molar-refractivity contribution in [2.24, 2.45) is 0 Å². The summed E-state index contributed by atoms with van der Waals surface area (Å²) in [6, 6.07) is 7.60. The number of aryl methyl sites for hydroxylation is 1. The van der Waals surface area contributed by atoms with Crippen LogP contribution in [-0.4, -0.2) is 29.3 Å². The Balaban J connectivity index is 1.89. The fourth-order valence-corrected chi connectivity index (χ4v) is 2.82. The first-order valence-electron chi connectivity index (χ1n) is 8.80. The fourth-order valence-electron chi connectivity index (χ4n) is 2.82. The van der Waals surface area contributed by atoms with E-state index in [9.17, 15) is 26.7 Å². The Morgan fingerprint density at radius 2 is 1.81 bits per heavy atom. The van der Waals surface area contributed by atoms with E-state index in [0.717, 1.165) is 15.8 Å². The number of amides is 1. The summed E-state index contributed by atoms with van der Waals surface area (Å²) in [6.07, 6.45) is -4.41. The Hall–Kier alpha value is -3.63. The number of hydrogen-bond acceptors (Lipinski definition) is 4. The lowest BCUT2D eigenvalue weighted by Gasteiger charge is -2.11. The number of hydrogen-bond donors (Lipinski definition) is 1. The standard InChI is InChI=1S/C20H16F5N3O3/c1-11-3-4-12(7-13(11)10-26-19(29)30-2)17-5-6-28(27-17)18-15(21)8-14(9-16(18)22)31-20(23,24)25/h3-9H,10H2,1-2H3,(H,26,29). The van der Waals surface area contributed by atoms with Gasteiger partial charge in [-0.05, 0) is 30.2 Å². The topological polar surface area (TPSA) is 65.4 Å². The van der Waals surface area contributed by atoms with Crippen LogP contribution in [0, 0.1) is 18.6 Å². The molecule has 0 radical (unpaired) electrons. The minimum absolute atomic E-state index is 0.191. The first kappa shape index (κ1) is 22.1.